The van der Waals surface area contributed by atoms with Crippen LogP contribution in [0.4, 0.5) is 0 Å². The number of hydrogen-bond donors (Lipinski definition) is 2. The molecule has 2 heterocycles. The van der Waals surface area contributed by atoms with Gasteiger partial charge in [-0.15, -0.1) is 0 Å². The quantitative estimate of drug-likeness (QED) is 0.757. The molecule has 3 rings (SSSR count). The van der Waals surface area contributed by atoms with Crippen molar-refractivity contribution >= 4 is 16.9 Å². The number of H-pyrrole nitrogens is 1. The van der Waals surface area contributed by atoms with Crippen LogP contribution in [0.2, 0.25) is 0 Å². The van der Waals surface area contributed by atoms with Crippen molar-refractivity contribution < 1.29 is 9.53 Å². The Kier molecular flexibility index (Phi) is 3.38. The first-order valence-corrected chi connectivity index (χ1v) is 6.62. The zero-order chi connectivity index (χ0) is 15.7. The highest BCUT2D eigenvalue weighted by atomic mass is 16.5. The van der Waals surface area contributed by atoms with Crippen LogP contribution in [0.25, 0.3) is 16.7 Å². The molecule has 22 heavy (non-hydrogen) atoms. The summed E-state index contributed by atoms with van der Waals surface area (Å²) in [5.74, 6) is 0.293. The zero-order valence-electron chi connectivity index (χ0n) is 12.1. The largest absolute Gasteiger partial charge is 0.494 e. The van der Waals surface area contributed by atoms with Crippen molar-refractivity contribution in [2.24, 2.45) is 0 Å². The molecule has 0 saturated heterocycles. The summed E-state index contributed by atoms with van der Waals surface area (Å²) in [5.41, 5.74) is 1.83. The van der Waals surface area contributed by atoms with Crippen LogP contribution < -0.4 is 15.7 Å². The third-order valence-electron chi connectivity index (χ3n) is 3.35. The van der Waals surface area contributed by atoms with Crippen LogP contribution in [0.5, 0.6) is 5.75 Å². The highest BCUT2D eigenvalue weighted by Crippen LogP contribution is 2.25. The third-order valence-corrected chi connectivity index (χ3v) is 3.35. The molecule has 0 bridgehead atoms. The Morgan fingerprint density at radius 1 is 1.32 bits per heavy atom. The number of rotatable bonds is 3. The maximum Gasteiger partial charge on any atom is 0.331 e. The SMILES string of the molecule is CNC(=O)c1ccc(-n2c(=O)[nH]c3cccc(OC)c32)cn1. The fraction of sp³-hybridized carbons (Fsp3) is 0.133. The molecule has 3 aromatic rings. The summed E-state index contributed by atoms with van der Waals surface area (Å²) in [4.78, 5) is 30.6. The van der Waals surface area contributed by atoms with Gasteiger partial charge in [-0.2, -0.15) is 0 Å². The van der Waals surface area contributed by atoms with Gasteiger partial charge < -0.3 is 15.0 Å². The second kappa shape index (κ2) is 5.36. The van der Waals surface area contributed by atoms with Crippen molar-refractivity contribution in [3.63, 3.8) is 0 Å². The van der Waals surface area contributed by atoms with Gasteiger partial charge in [0.2, 0.25) is 0 Å². The summed E-state index contributed by atoms with van der Waals surface area (Å²) in [6.07, 6.45) is 1.48. The average molecular weight is 298 g/mol. The van der Waals surface area contributed by atoms with Crippen LogP contribution in [0.15, 0.2) is 41.3 Å². The lowest BCUT2D eigenvalue weighted by Gasteiger charge is -2.07. The van der Waals surface area contributed by atoms with Gasteiger partial charge in [0.05, 0.1) is 24.5 Å². The fourth-order valence-electron chi connectivity index (χ4n) is 2.32. The number of imidazole rings is 1. The number of carbonyl (C=O) groups excluding carboxylic acids is 1. The minimum absolute atomic E-state index is 0.282. The second-order valence-electron chi connectivity index (χ2n) is 4.60. The monoisotopic (exact) mass is 298 g/mol. The molecule has 2 N–H and O–H groups in total. The van der Waals surface area contributed by atoms with Gasteiger partial charge in [-0.3, -0.25) is 9.36 Å². The molecule has 0 unspecified atom stereocenters. The summed E-state index contributed by atoms with van der Waals surface area (Å²) in [6, 6.07) is 8.60. The van der Waals surface area contributed by atoms with Crippen LogP contribution >= 0.6 is 0 Å². The molecule has 0 atom stereocenters. The normalized spacial score (nSPS) is 10.6. The van der Waals surface area contributed by atoms with E-state index < -0.39 is 0 Å². The van der Waals surface area contributed by atoms with Crippen LogP contribution in [-0.2, 0) is 0 Å². The Morgan fingerprint density at radius 2 is 2.14 bits per heavy atom. The van der Waals surface area contributed by atoms with Crippen LogP contribution in [0.1, 0.15) is 10.5 Å². The summed E-state index contributed by atoms with van der Waals surface area (Å²) in [5, 5.41) is 2.50. The number of fused-ring (bicyclic) bond motifs is 1. The molecule has 0 aliphatic rings. The average Bonchev–Trinajstić information content (AvgIpc) is 2.90. The molecule has 1 aromatic carbocycles. The molecule has 0 aliphatic carbocycles. The Balaban J connectivity index is 2.20. The number of carbonyl (C=O) groups is 1. The minimum Gasteiger partial charge on any atom is -0.494 e. The maximum atomic E-state index is 12.2. The van der Waals surface area contributed by atoms with Gasteiger partial charge in [-0.25, -0.2) is 9.78 Å². The molecular formula is C15H14N4O3. The summed E-state index contributed by atoms with van der Waals surface area (Å²) < 4.78 is 6.79. The van der Waals surface area contributed by atoms with Crippen molar-refractivity contribution in [1.29, 1.82) is 0 Å². The lowest BCUT2D eigenvalue weighted by Crippen LogP contribution is -2.20. The second-order valence-corrected chi connectivity index (χ2v) is 4.60. The van der Waals surface area contributed by atoms with Crippen LogP contribution in [0.3, 0.4) is 0 Å². The number of benzene rings is 1. The van der Waals surface area contributed by atoms with Crippen LogP contribution in [0, 0.1) is 0 Å². The summed E-state index contributed by atoms with van der Waals surface area (Å²) in [7, 11) is 3.08. The van der Waals surface area contributed by atoms with Crippen LogP contribution in [-0.4, -0.2) is 34.6 Å². The van der Waals surface area contributed by atoms with E-state index in [0.717, 1.165) is 0 Å². The Hall–Kier alpha value is -3.09. The van der Waals surface area contributed by atoms with Crippen molar-refractivity contribution in [3.8, 4) is 11.4 Å². The third kappa shape index (κ3) is 2.12. The number of aromatic amines is 1. The van der Waals surface area contributed by atoms with Crippen molar-refractivity contribution in [3.05, 3.63) is 52.7 Å². The fourth-order valence-corrected chi connectivity index (χ4v) is 2.32. The number of amides is 1. The molecule has 7 nitrogen and oxygen atoms in total. The Labute approximate surface area is 125 Å². The predicted molar refractivity (Wildman–Crippen MR) is 81.6 cm³/mol. The first kappa shape index (κ1) is 13.9. The number of nitrogens with one attached hydrogen (secondary N) is 2. The van der Waals surface area contributed by atoms with E-state index in [-0.39, 0.29) is 17.3 Å². The van der Waals surface area contributed by atoms with E-state index in [1.165, 1.54) is 17.8 Å². The van der Waals surface area contributed by atoms with E-state index in [4.69, 9.17) is 4.74 Å². The molecule has 0 fully saturated rings. The maximum absolute atomic E-state index is 12.2. The molecule has 7 heteroatoms. The predicted octanol–water partition coefficient (Wildman–Crippen LogP) is 1.08. The van der Waals surface area contributed by atoms with Crippen molar-refractivity contribution in [1.82, 2.24) is 19.9 Å². The summed E-state index contributed by atoms with van der Waals surface area (Å²) in [6.45, 7) is 0. The standard InChI is InChI=1S/C15H14N4O3/c1-16-14(20)11-7-6-9(8-17-11)19-13-10(18-15(19)21)4-3-5-12(13)22-2/h3-8H,1-2H3,(H,16,20)(H,18,21). The highest BCUT2D eigenvalue weighted by Gasteiger charge is 2.14. The van der Waals surface area contributed by atoms with Gasteiger partial charge in [0.1, 0.15) is 17.0 Å². The number of ether oxygens (including phenoxy) is 1. The van der Waals surface area contributed by atoms with Crippen molar-refractivity contribution in [2.45, 2.75) is 0 Å². The number of aromatic nitrogens is 3. The number of pyridine rings is 1. The molecule has 1 amide bonds. The molecule has 0 spiro atoms. The molecule has 0 radical (unpaired) electrons. The molecule has 0 saturated carbocycles. The van der Waals surface area contributed by atoms with Gasteiger partial charge >= 0.3 is 5.69 Å². The van der Waals surface area contributed by atoms with Gasteiger partial charge in [0, 0.05) is 7.05 Å². The van der Waals surface area contributed by atoms with E-state index in [1.54, 1.807) is 37.4 Å². The van der Waals surface area contributed by atoms with E-state index in [1.807, 2.05) is 0 Å². The zero-order valence-corrected chi connectivity index (χ0v) is 12.1. The van der Waals surface area contributed by atoms with Gasteiger partial charge in [0.15, 0.2) is 0 Å². The first-order valence-electron chi connectivity index (χ1n) is 6.62. The van der Waals surface area contributed by atoms with Crippen molar-refractivity contribution in [2.75, 3.05) is 14.2 Å². The van der Waals surface area contributed by atoms with Gasteiger partial charge in [0.25, 0.3) is 5.91 Å². The van der Waals surface area contributed by atoms with Gasteiger partial charge in [-0.05, 0) is 24.3 Å². The smallest absolute Gasteiger partial charge is 0.331 e. The lowest BCUT2D eigenvalue weighted by molar-refractivity contribution is 0.0958. The summed E-state index contributed by atoms with van der Waals surface area (Å²) >= 11 is 0. The molecule has 0 aliphatic heterocycles. The molecule has 2 aromatic heterocycles. The van der Waals surface area contributed by atoms with Gasteiger partial charge in [-0.1, -0.05) is 6.07 Å². The number of nitrogens with zero attached hydrogens (tertiary/aromatic N) is 2. The Bertz CT molecular complexity index is 893. The lowest BCUT2D eigenvalue weighted by atomic mass is 10.2. The number of hydrogen-bond acceptors (Lipinski definition) is 4. The highest BCUT2D eigenvalue weighted by molar-refractivity contribution is 5.92. The Morgan fingerprint density at radius 3 is 2.77 bits per heavy atom. The van der Waals surface area contributed by atoms with E-state index in [9.17, 15) is 9.59 Å². The number of methoxy groups -OCH3 is 1. The topological polar surface area (TPSA) is 89.0 Å². The number of para-hydroxylation sites is 1. The molecular weight excluding hydrogens is 284 g/mol. The van der Waals surface area contributed by atoms with E-state index in [2.05, 4.69) is 15.3 Å². The first-order chi connectivity index (χ1) is 10.7. The molecule has 112 valence electrons. The minimum atomic E-state index is -0.297. The van der Waals surface area contributed by atoms with E-state index >= 15 is 0 Å². The van der Waals surface area contributed by atoms with E-state index in [0.29, 0.717) is 22.5 Å².